The number of aromatic nitrogens is 2. The summed E-state index contributed by atoms with van der Waals surface area (Å²) in [6, 6.07) is 9.93. The first-order chi connectivity index (χ1) is 12.7. The molecule has 1 amide bonds. The third-order valence-electron chi connectivity index (χ3n) is 5.54. The second-order valence-corrected chi connectivity index (χ2v) is 7.15. The number of piperidine rings is 1. The molecule has 6 heteroatoms. The lowest BCUT2D eigenvalue weighted by Crippen LogP contribution is -2.47. The minimum atomic E-state index is -0.204. The number of hydrogen-bond acceptors (Lipinski definition) is 5. The minimum Gasteiger partial charge on any atom is -0.365 e. The van der Waals surface area contributed by atoms with Crippen molar-refractivity contribution in [2.24, 2.45) is 0 Å². The number of rotatable bonds is 3. The first-order valence-corrected chi connectivity index (χ1v) is 9.32. The molecule has 0 aliphatic carbocycles. The summed E-state index contributed by atoms with van der Waals surface area (Å²) >= 11 is 0. The molecule has 1 aromatic heterocycles. The highest BCUT2D eigenvalue weighted by Crippen LogP contribution is 2.36. The number of carbonyl (C=O) groups is 1. The van der Waals surface area contributed by atoms with Crippen LogP contribution in [0.25, 0.3) is 0 Å². The third kappa shape index (κ3) is 3.00. The van der Waals surface area contributed by atoms with Gasteiger partial charge in [0.15, 0.2) is 0 Å². The van der Waals surface area contributed by atoms with Crippen molar-refractivity contribution in [1.82, 2.24) is 15.3 Å². The van der Waals surface area contributed by atoms with Crippen LogP contribution < -0.4 is 15.1 Å². The first kappa shape index (κ1) is 16.8. The Kier molecular flexibility index (Phi) is 4.49. The van der Waals surface area contributed by atoms with Gasteiger partial charge in [-0.1, -0.05) is 18.2 Å². The summed E-state index contributed by atoms with van der Waals surface area (Å²) in [6.07, 6.45) is 6.62. The molecule has 6 nitrogen and oxygen atoms in total. The molecule has 1 fully saturated rings. The number of amides is 1. The zero-order chi connectivity index (χ0) is 18.1. The summed E-state index contributed by atoms with van der Waals surface area (Å²) in [4.78, 5) is 25.1. The molecule has 1 atom stereocenters. The van der Waals surface area contributed by atoms with E-state index >= 15 is 0 Å². The molecule has 1 saturated heterocycles. The quantitative estimate of drug-likeness (QED) is 0.919. The van der Waals surface area contributed by atoms with Crippen molar-refractivity contribution >= 4 is 17.4 Å². The Morgan fingerprint density at radius 2 is 1.92 bits per heavy atom. The van der Waals surface area contributed by atoms with Crippen LogP contribution in [0.4, 0.5) is 11.5 Å². The van der Waals surface area contributed by atoms with Crippen LogP contribution in [0.2, 0.25) is 0 Å². The number of anilines is 2. The Morgan fingerprint density at radius 3 is 2.62 bits per heavy atom. The molecule has 2 aromatic rings. The van der Waals surface area contributed by atoms with Crippen LogP contribution in [-0.4, -0.2) is 48.1 Å². The van der Waals surface area contributed by atoms with Crippen molar-refractivity contribution in [2.45, 2.75) is 38.3 Å². The third-order valence-corrected chi connectivity index (χ3v) is 5.54. The standard InChI is InChI=1S/C20H25N5O/c1-14-11-15-5-3-4-6-18(15)25(14)16-7-9-24(10-8-16)19-13-22-17(12-23-19)20(26)21-2/h3-6,12-14,16H,7-11H2,1-2H3,(H,21,26). The SMILES string of the molecule is CNC(=O)c1cnc(N2CCC(N3c4ccccc4CC3C)CC2)cn1. The van der Waals surface area contributed by atoms with E-state index in [-0.39, 0.29) is 5.91 Å². The maximum Gasteiger partial charge on any atom is 0.271 e. The number of benzene rings is 1. The van der Waals surface area contributed by atoms with Gasteiger partial charge in [0, 0.05) is 37.9 Å². The lowest BCUT2D eigenvalue weighted by Gasteiger charge is -2.40. The zero-order valence-corrected chi connectivity index (χ0v) is 15.4. The summed E-state index contributed by atoms with van der Waals surface area (Å²) in [5.41, 5.74) is 3.24. The molecule has 1 unspecified atom stereocenters. The van der Waals surface area contributed by atoms with Crippen molar-refractivity contribution in [1.29, 1.82) is 0 Å². The smallest absolute Gasteiger partial charge is 0.271 e. The maximum atomic E-state index is 11.6. The van der Waals surface area contributed by atoms with Gasteiger partial charge >= 0.3 is 0 Å². The molecule has 2 aliphatic heterocycles. The van der Waals surface area contributed by atoms with Gasteiger partial charge in [0.1, 0.15) is 11.5 Å². The van der Waals surface area contributed by atoms with Crippen LogP contribution >= 0.6 is 0 Å². The van der Waals surface area contributed by atoms with Crippen molar-refractivity contribution in [3.05, 3.63) is 47.9 Å². The van der Waals surface area contributed by atoms with E-state index in [1.165, 1.54) is 11.3 Å². The fourth-order valence-electron chi connectivity index (χ4n) is 4.25. The van der Waals surface area contributed by atoms with Gasteiger partial charge in [-0.25, -0.2) is 9.97 Å². The predicted molar refractivity (Wildman–Crippen MR) is 103 cm³/mol. The first-order valence-electron chi connectivity index (χ1n) is 9.32. The van der Waals surface area contributed by atoms with Gasteiger partial charge in [-0.3, -0.25) is 4.79 Å². The number of para-hydroxylation sites is 1. The van der Waals surface area contributed by atoms with Gasteiger partial charge in [-0.15, -0.1) is 0 Å². The van der Waals surface area contributed by atoms with Gasteiger partial charge in [-0.05, 0) is 37.8 Å². The highest BCUT2D eigenvalue weighted by Gasteiger charge is 2.33. The Hall–Kier alpha value is -2.63. The van der Waals surface area contributed by atoms with E-state index in [0.29, 0.717) is 17.8 Å². The molecule has 1 N–H and O–H groups in total. The van der Waals surface area contributed by atoms with Gasteiger partial charge in [0.05, 0.1) is 12.4 Å². The van der Waals surface area contributed by atoms with E-state index in [1.54, 1.807) is 19.4 Å². The van der Waals surface area contributed by atoms with E-state index in [4.69, 9.17) is 0 Å². The van der Waals surface area contributed by atoms with E-state index in [9.17, 15) is 4.79 Å². The van der Waals surface area contributed by atoms with E-state index in [2.05, 4.69) is 56.3 Å². The Balaban J connectivity index is 1.42. The largest absolute Gasteiger partial charge is 0.365 e. The fraction of sp³-hybridized carbons (Fsp3) is 0.450. The molecule has 26 heavy (non-hydrogen) atoms. The topological polar surface area (TPSA) is 61.4 Å². The van der Waals surface area contributed by atoms with E-state index in [1.807, 2.05) is 0 Å². The number of nitrogens with zero attached hydrogens (tertiary/aromatic N) is 4. The summed E-state index contributed by atoms with van der Waals surface area (Å²) in [5, 5.41) is 2.57. The fourth-order valence-corrected chi connectivity index (χ4v) is 4.25. The van der Waals surface area contributed by atoms with Crippen LogP contribution in [0.3, 0.4) is 0 Å². The molecule has 3 heterocycles. The summed E-state index contributed by atoms with van der Waals surface area (Å²) in [6.45, 7) is 4.25. The molecule has 2 aliphatic rings. The van der Waals surface area contributed by atoms with Crippen molar-refractivity contribution in [3.63, 3.8) is 0 Å². The molecule has 0 radical (unpaired) electrons. The van der Waals surface area contributed by atoms with Gasteiger partial charge in [0.2, 0.25) is 0 Å². The molecule has 4 rings (SSSR count). The molecule has 0 bridgehead atoms. The monoisotopic (exact) mass is 351 g/mol. The Labute approximate surface area is 154 Å². The molecule has 136 valence electrons. The minimum absolute atomic E-state index is 0.204. The number of carbonyl (C=O) groups excluding carboxylic acids is 1. The molecular formula is C20H25N5O. The second-order valence-electron chi connectivity index (χ2n) is 7.15. The highest BCUT2D eigenvalue weighted by atomic mass is 16.1. The normalized spacial score (nSPS) is 20.2. The van der Waals surface area contributed by atoms with Crippen LogP contribution in [-0.2, 0) is 6.42 Å². The summed E-state index contributed by atoms with van der Waals surface area (Å²) < 4.78 is 0. The number of nitrogens with one attached hydrogen (secondary N) is 1. The average molecular weight is 351 g/mol. The van der Waals surface area contributed by atoms with E-state index < -0.39 is 0 Å². The van der Waals surface area contributed by atoms with Crippen LogP contribution in [0, 0.1) is 0 Å². The van der Waals surface area contributed by atoms with Gasteiger partial charge < -0.3 is 15.1 Å². The molecule has 0 saturated carbocycles. The van der Waals surface area contributed by atoms with Gasteiger partial charge in [-0.2, -0.15) is 0 Å². The number of fused-ring (bicyclic) bond motifs is 1. The second kappa shape index (κ2) is 6.94. The van der Waals surface area contributed by atoms with E-state index in [0.717, 1.165) is 38.2 Å². The number of hydrogen-bond donors (Lipinski definition) is 1. The van der Waals surface area contributed by atoms with Crippen LogP contribution in [0.15, 0.2) is 36.7 Å². The maximum absolute atomic E-state index is 11.6. The Bertz CT molecular complexity index is 783. The van der Waals surface area contributed by atoms with Crippen molar-refractivity contribution in [2.75, 3.05) is 29.9 Å². The Morgan fingerprint density at radius 1 is 1.15 bits per heavy atom. The van der Waals surface area contributed by atoms with Crippen molar-refractivity contribution in [3.8, 4) is 0 Å². The highest BCUT2D eigenvalue weighted by molar-refractivity contribution is 5.91. The van der Waals surface area contributed by atoms with Gasteiger partial charge in [0.25, 0.3) is 5.91 Å². The van der Waals surface area contributed by atoms with Crippen LogP contribution in [0.5, 0.6) is 0 Å². The molecular weight excluding hydrogens is 326 g/mol. The zero-order valence-electron chi connectivity index (χ0n) is 15.4. The summed E-state index contributed by atoms with van der Waals surface area (Å²) in [7, 11) is 1.60. The predicted octanol–water partition coefficient (Wildman–Crippen LogP) is 2.26. The molecule has 0 spiro atoms. The summed E-state index contributed by atoms with van der Waals surface area (Å²) in [5.74, 6) is 0.649. The van der Waals surface area contributed by atoms with Crippen molar-refractivity contribution < 1.29 is 4.79 Å². The van der Waals surface area contributed by atoms with Crippen LogP contribution in [0.1, 0.15) is 35.8 Å². The molecule has 1 aromatic carbocycles. The lowest BCUT2D eigenvalue weighted by atomic mass is 10.0. The lowest BCUT2D eigenvalue weighted by molar-refractivity contribution is 0.0958. The average Bonchev–Trinajstić information content (AvgIpc) is 3.03.